The van der Waals surface area contributed by atoms with Crippen LogP contribution in [-0.4, -0.2) is 24.6 Å². The van der Waals surface area contributed by atoms with Crippen molar-refractivity contribution in [1.29, 1.82) is 0 Å². The van der Waals surface area contributed by atoms with Crippen LogP contribution in [0.1, 0.15) is 11.3 Å². The van der Waals surface area contributed by atoms with Gasteiger partial charge in [0.15, 0.2) is 0 Å². The zero-order valence-corrected chi connectivity index (χ0v) is 13.7. The Morgan fingerprint density at radius 2 is 1.88 bits per heavy atom. The van der Waals surface area contributed by atoms with Crippen LogP contribution < -0.4 is 4.74 Å². The molecule has 0 bridgehead atoms. The molecule has 0 amide bonds. The molecule has 0 atom stereocenters. The molecule has 8 heteroatoms. The quantitative estimate of drug-likeness (QED) is 0.563. The Morgan fingerprint density at radius 1 is 1.04 bits per heavy atom. The average Bonchev–Trinajstić information content (AvgIpc) is 3.03. The molecule has 3 heterocycles. The number of hydrogen-bond acceptors (Lipinski definition) is 5. The van der Waals surface area contributed by atoms with Gasteiger partial charge in [0.05, 0.1) is 18.6 Å². The highest BCUT2D eigenvalue weighted by atomic mass is 19.1. The fraction of sp³-hybridized carbons (Fsp3) is 0.111. The van der Waals surface area contributed by atoms with E-state index in [-0.39, 0.29) is 12.4 Å². The number of imidazole rings is 1. The summed E-state index contributed by atoms with van der Waals surface area (Å²) in [6.45, 7) is 1.96. The molecular weight excluding hydrogens is 340 g/mol. The fourth-order valence-electron chi connectivity index (χ4n) is 2.53. The molecule has 0 radical (unpaired) electrons. The van der Waals surface area contributed by atoms with Gasteiger partial charge in [0.2, 0.25) is 5.88 Å². The van der Waals surface area contributed by atoms with Crippen LogP contribution in [0.2, 0.25) is 0 Å². The van der Waals surface area contributed by atoms with Crippen molar-refractivity contribution in [3.05, 3.63) is 71.8 Å². The molecule has 0 aliphatic heterocycles. The van der Waals surface area contributed by atoms with E-state index >= 15 is 0 Å². The van der Waals surface area contributed by atoms with E-state index in [9.17, 15) is 8.78 Å². The smallest absolute Gasteiger partial charge is 0.251 e. The lowest BCUT2D eigenvalue weighted by molar-refractivity contribution is 0.289. The molecule has 0 aliphatic rings. The maximum atomic E-state index is 13.3. The molecule has 0 aliphatic carbocycles. The molecule has 0 unspecified atom stereocenters. The number of aromatic nitrogens is 5. The lowest BCUT2D eigenvalue weighted by Gasteiger charge is -2.04. The number of ether oxygens (including phenoxy) is 1. The molecule has 4 aromatic rings. The molecule has 4 rings (SSSR count). The molecule has 0 fully saturated rings. The predicted octanol–water partition coefficient (Wildman–Crippen LogP) is 3.35. The molecule has 6 nitrogen and oxygen atoms in total. The minimum atomic E-state index is -0.429. The van der Waals surface area contributed by atoms with Gasteiger partial charge >= 0.3 is 0 Å². The molecule has 130 valence electrons. The Balaban J connectivity index is 1.58. The normalized spacial score (nSPS) is 11.0. The first-order valence-corrected chi connectivity index (χ1v) is 7.81. The number of aryl methyl sites for hydroxylation is 1. The lowest BCUT2D eigenvalue weighted by atomic mass is 10.1. The van der Waals surface area contributed by atoms with Gasteiger partial charge in [0.1, 0.15) is 29.6 Å². The van der Waals surface area contributed by atoms with Crippen molar-refractivity contribution < 1.29 is 13.5 Å². The minimum Gasteiger partial charge on any atom is -0.471 e. The highest BCUT2D eigenvalue weighted by Crippen LogP contribution is 2.21. The first kappa shape index (κ1) is 16.1. The number of hydrogen-bond donors (Lipinski definition) is 0. The van der Waals surface area contributed by atoms with Crippen LogP contribution >= 0.6 is 0 Å². The van der Waals surface area contributed by atoms with E-state index in [2.05, 4.69) is 20.1 Å². The van der Waals surface area contributed by atoms with Crippen molar-refractivity contribution in [2.75, 3.05) is 0 Å². The Hall–Kier alpha value is -3.42. The van der Waals surface area contributed by atoms with Gasteiger partial charge in [0.25, 0.3) is 5.78 Å². The SMILES string of the molecule is Cc1cc(F)ccc1-c1cnc2nc(COc3ccc(F)cn3)cn2n1. The lowest BCUT2D eigenvalue weighted by Crippen LogP contribution is -1.97. The molecule has 1 aromatic carbocycles. The summed E-state index contributed by atoms with van der Waals surface area (Å²) in [5, 5.41) is 4.47. The van der Waals surface area contributed by atoms with Crippen molar-refractivity contribution in [2.24, 2.45) is 0 Å². The van der Waals surface area contributed by atoms with Gasteiger partial charge in [-0.3, -0.25) is 0 Å². The summed E-state index contributed by atoms with van der Waals surface area (Å²) in [6.07, 6.45) is 4.36. The van der Waals surface area contributed by atoms with Crippen LogP contribution in [0, 0.1) is 18.6 Å². The molecule has 0 saturated carbocycles. The summed E-state index contributed by atoms with van der Waals surface area (Å²) in [5.41, 5.74) is 2.77. The largest absolute Gasteiger partial charge is 0.471 e. The molecular formula is C18H13F2N5O. The predicted molar refractivity (Wildman–Crippen MR) is 89.4 cm³/mol. The average molecular weight is 353 g/mol. The Morgan fingerprint density at radius 3 is 2.65 bits per heavy atom. The van der Waals surface area contributed by atoms with E-state index < -0.39 is 5.82 Å². The van der Waals surface area contributed by atoms with Gasteiger partial charge in [-0.25, -0.2) is 28.2 Å². The molecule has 26 heavy (non-hydrogen) atoms. The summed E-state index contributed by atoms with van der Waals surface area (Å²) < 4.78 is 33.1. The fourth-order valence-corrected chi connectivity index (χ4v) is 2.53. The molecule has 0 spiro atoms. The minimum absolute atomic E-state index is 0.147. The van der Waals surface area contributed by atoms with Crippen LogP contribution in [-0.2, 0) is 6.61 Å². The van der Waals surface area contributed by atoms with Gasteiger partial charge in [-0.1, -0.05) is 0 Å². The highest BCUT2D eigenvalue weighted by molar-refractivity contribution is 5.62. The number of nitrogens with zero attached hydrogens (tertiary/aromatic N) is 5. The standard InChI is InChI=1S/C18H13F2N5O/c1-11-6-12(19)2-4-15(11)16-8-22-18-23-14(9-25(18)24-16)10-26-17-5-3-13(20)7-21-17/h2-9H,10H2,1H3. The maximum Gasteiger partial charge on any atom is 0.251 e. The van der Waals surface area contributed by atoms with Gasteiger partial charge < -0.3 is 4.74 Å². The van der Waals surface area contributed by atoms with Crippen molar-refractivity contribution >= 4 is 5.78 Å². The van der Waals surface area contributed by atoms with Gasteiger partial charge in [-0.15, -0.1) is 0 Å². The van der Waals surface area contributed by atoms with Crippen LogP contribution in [0.4, 0.5) is 8.78 Å². The Labute approximate surface area is 147 Å². The van der Waals surface area contributed by atoms with E-state index in [1.807, 2.05) is 6.92 Å². The highest BCUT2D eigenvalue weighted by Gasteiger charge is 2.10. The second-order valence-electron chi connectivity index (χ2n) is 5.68. The second-order valence-corrected chi connectivity index (χ2v) is 5.68. The molecule has 3 aromatic heterocycles. The summed E-state index contributed by atoms with van der Waals surface area (Å²) in [6, 6.07) is 7.21. The number of fused-ring (bicyclic) bond motifs is 1. The van der Waals surface area contributed by atoms with Crippen LogP contribution in [0.15, 0.2) is 48.9 Å². The Bertz CT molecular complexity index is 1080. The number of rotatable bonds is 4. The maximum absolute atomic E-state index is 13.3. The van der Waals surface area contributed by atoms with E-state index in [1.54, 1.807) is 18.5 Å². The molecule has 0 saturated heterocycles. The van der Waals surface area contributed by atoms with Crippen LogP contribution in [0.5, 0.6) is 5.88 Å². The van der Waals surface area contributed by atoms with Crippen molar-refractivity contribution in [2.45, 2.75) is 13.5 Å². The van der Waals surface area contributed by atoms with E-state index in [4.69, 9.17) is 4.74 Å². The summed E-state index contributed by atoms with van der Waals surface area (Å²) in [7, 11) is 0. The van der Waals surface area contributed by atoms with E-state index in [1.165, 1.54) is 28.8 Å². The van der Waals surface area contributed by atoms with Crippen LogP contribution in [0.25, 0.3) is 17.0 Å². The van der Waals surface area contributed by atoms with Gasteiger partial charge in [-0.05, 0) is 36.8 Å². The summed E-state index contributed by atoms with van der Waals surface area (Å²) in [4.78, 5) is 12.4. The third kappa shape index (κ3) is 3.21. The summed E-state index contributed by atoms with van der Waals surface area (Å²) >= 11 is 0. The zero-order valence-electron chi connectivity index (χ0n) is 13.7. The number of benzene rings is 1. The monoisotopic (exact) mass is 353 g/mol. The van der Waals surface area contributed by atoms with Crippen molar-refractivity contribution in [3.63, 3.8) is 0 Å². The second kappa shape index (κ2) is 6.47. The zero-order chi connectivity index (χ0) is 18.1. The number of halogens is 2. The van der Waals surface area contributed by atoms with E-state index in [0.29, 0.717) is 23.0 Å². The molecule has 0 N–H and O–H groups in total. The summed E-state index contributed by atoms with van der Waals surface area (Å²) in [5.74, 6) is -0.00923. The Kier molecular flexibility index (Phi) is 4.00. The van der Waals surface area contributed by atoms with Crippen molar-refractivity contribution in [1.82, 2.24) is 24.6 Å². The first-order chi connectivity index (χ1) is 12.6. The van der Waals surface area contributed by atoms with Gasteiger partial charge in [-0.2, -0.15) is 5.10 Å². The number of pyridine rings is 1. The van der Waals surface area contributed by atoms with Crippen LogP contribution in [0.3, 0.4) is 0 Å². The topological polar surface area (TPSA) is 65.2 Å². The third-order valence-corrected chi connectivity index (χ3v) is 3.77. The third-order valence-electron chi connectivity index (χ3n) is 3.77. The van der Waals surface area contributed by atoms with E-state index in [0.717, 1.165) is 17.3 Å². The van der Waals surface area contributed by atoms with Crippen molar-refractivity contribution in [3.8, 4) is 17.1 Å². The van der Waals surface area contributed by atoms with Gasteiger partial charge in [0, 0.05) is 11.6 Å². The first-order valence-electron chi connectivity index (χ1n) is 7.81.